The Morgan fingerprint density at radius 3 is 1.84 bits per heavy atom. The van der Waals surface area contributed by atoms with E-state index in [1.54, 1.807) is 0 Å². The van der Waals surface area contributed by atoms with E-state index >= 15 is 0 Å². The van der Waals surface area contributed by atoms with E-state index in [0.29, 0.717) is 12.5 Å². The van der Waals surface area contributed by atoms with Gasteiger partial charge in [0.2, 0.25) is 0 Å². The van der Waals surface area contributed by atoms with Gasteiger partial charge in [-0.15, -0.1) is 0 Å². The Morgan fingerprint density at radius 2 is 1.37 bits per heavy atom. The zero-order valence-electron chi connectivity index (χ0n) is 13.7. The summed E-state index contributed by atoms with van der Waals surface area (Å²) in [5.74, 6) is 2.06. The van der Waals surface area contributed by atoms with E-state index in [1.165, 1.54) is 51.9 Å². The van der Waals surface area contributed by atoms with Gasteiger partial charge in [-0.1, -0.05) is 66.2 Å². The topological polar surface area (TPSA) is 26.3 Å². The molecule has 2 heteroatoms. The van der Waals surface area contributed by atoms with Gasteiger partial charge in [-0.05, 0) is 24.2 Å². The van der Waals surface area contributed by atoms with Crippen LogP contribution in [0.5, 0.6) is 0 Å². The minimum atomic E-state index is -0.162. The fraction of sp³-hybridized carbons (Fsp3) is 0.941. The molecule has 0 heterocycles. The van der Waals surface area contributed by atoms with Gasteiger partial charge in [0, 0.05) is 6.92 Å². The normalized spacial score (nSPS) is 15.8. The third-order valence-electron chi connectivity index (χ3n) is 4.06. The minimum absolute atomic E-state index is 0.162. The maximum absolute atomic E-state index is 10.7. The number of ether oxygens (including phenoxy) is 1. The SMILES string of the molecule is CCC(C)CCCC(C)CCCC(C)COC(C)=O. The highest BCUT2D eigenvalue weighted by Crippen LogP contribution is 2.20. The largest absolute Gasteiger partial charge is 0.466 e. The summed E-state index contributed by atoms with van der Waals surface area (Å²) in [7, 11) is 0. The maximum Gasteiger partial charge on any atom is 0.302 e. The van der Waals surface area contributed by atoms with Crippen molar-refractivity contribution in [1.29, 1.82) is 0 Å². The molecule has 0 bridgehead atoms. The second kappa shape index (κ2) is 11.3. The predicted octanol–water partition coefficient (Wildman–Crippen LogP) is 5.21. The molecular weight excluding hydrogens is 236 g/mol. The van der Waals surface area contributed by atoms with Gasteiger partial charge in [-0.3, -0.25) is 4.79 Å². The first-order valence-corrected chi connectivity index (χ1v) is 8.09. The first-order chi connectivity index (χ1) is 8.95. The van der Waals surface area contributed by atoms with Crippen LogP contribution in [0.2, 0.25) is 0 Å². The van der Waals surface area contributed by atoms with Crippen molar-refractivity contribution in [2.45, 2.75) is 79.6 Å². The molecule has 3 atom stereocenters. The van der Waals surface area contributed by atoms with E-state index in [4.69, 9.17) is 4.74 Å². The quantitative estimate of drug-likeness (QED) is 0.482. The third-order valence-corrected chi connectivity index (χ3v) is 4.06. The van der Waals surface area contributed by atoms with Crippen molar-refractivity contribution in [1.82, 2.24) is 0 Å². The van der Waals surface area contributed by atoms with E-state index in [1.807, 2.05) is 0 Å². The van der Waals surface area contributed by atoms with Crippen molar-refractivity contribution >= 4 is 5.97 Å². The van der Waals surface area contributed by atoms with Crippen molar-refractivity contribution < 1.29 is 9.53 Å². The van der Waals surface area contributed by atoms with Gasteiger partial charge in [-0.2, -0.15) is 0 Å². The van der Waals surface area contributed by atoms with Crippen molar-refractivity contribution in [3.63, 3.8) is 0 Å². The molecule has 19 heavy (non-hydrogen) atoms. The summed E-state index contributed by atoms with van der Waals surface area (Å²) in [5, 5.41) is 0. The van der Waals surface area contributed by atoms with Crippen LogP contribution in [-0.4, -0.2) is 12.6 Å². The van der Waals surface area contributed by atoms with Crippen LogP contribution in [0.25, 0.3) is 0 Å². The molecule has 0 aliphatic heterocycles. The fourth-order valence-corrected chi connectivity index (χ4v) is 2.32. The van der Waals surface area contributed by atoms with Gasteiger partial charge in [-0.25, -0.2) is 0 Å². The first kappa shape index (κ1) is 18.5. The van der Waals surface area contributed by atoms with Crippen LogP contribution >= 0.6 is 0 Å². The molecule has 0 N–H and O–H groups in total. The van der Waals surface area contributed by atoms with E-state index in [9.17, 15) is 4.79 Å². The molecule has 3 unspecified atom stereocenters. The summed E-state index contributed by atoms with van der Waals surface area (Å²) in [4.78, 5) is 10.7. The summed E-state index contributed by atoms with van der Waals surface area (Å²) in [6.07, 6.45) is 9.16. The summed E-state index contributed by atoms with van der Waals surface area (Å²) in [6.45, 7) is 11.2. The molecule has 2 nitrogen and oxygen atoms in total. The molecular formula is C17H34O2. The first-order valence-electron chi connectivity index (χ1n) is 8.09. The number of carbonyl (C=O) groups excluding carboxylic acids is 1. The standard InChI is InChI=1S/C17H34O2/c1-6-14(2)9-7-10-15(3)11-8-12-16(4)13-19-17(5)18/h14-16H,6-13H2,1-5H3. The van der Waals surface area contributed by atoms with E-state index in [-0.39, 0.29) is 5.97 Å². The Hall–Kier alpha value is -0.530. The molecule has 0 radical (unpaired) electrons. The third kappa shape index (κ3) is 12.3. The number of rotatable bonds is 11. The van der Waals surface area contributed by atoms with Crippen LogP contribution in [-0.2, 0) is 9.53 Å². The molecule has 0 spiro atoms. The molecule has 0 aromatic rings. The molecule has 0 saturated carbocycles. The molecule has 0 saturated heterocycles. The van der Waals surface area contributed by atoms with E-state index < -0.39 is 0 Å². The molecule has 0 aliphatic rings. The number of hydrogen-bond donors (Lipinski definition) is 0. The number of hydrogen-bond acceptors (Lipinski definition) is 2. The molecule has 0 fully saturated rings. The second-order valence-corrected chi connectivity index (χ2v) is 6.39. The van der Waals surface area contributed by atoms with Gasteiger partial charge in [0.05, 0.1) is 6.61 Å². The monoisotopic (exact) mass is 270 g/mol. The summed E-state index contributed by atoms with van der Waals surface area (Å²) < 4.78 is 5.03. The smallest absolute Gasteiger partial charge is 0.302 e. The molecule has 0 aliphatic carbocycles. The Kier molecular flexibility index (Phi) is 11.0. The highest BCUT2D eigenvalue weighted by atomic mass is 16.5. The Balaban J connectivity index is 3.46. The second-order valence-electron chi connectivity index (χ2n) is 6.39. The lowest BCUT2D eigenvalue weighted by atomic mass is 9.93. The van der Waals surface area contributed by atoms with Crippen LogP contribution in [0.3, 0.4) is 0 Å². The average Bonchev–Trinajstić information content (AvgIpc) is 2.36. The molecule has 114 valence electrons. The van der Waals surface area contributed by atoms with Gasteiger partial charge in [0.15, 0.2) is 0 Å². The Labute approximate surface area is 120 Å². The lowest BCUT2D eigenvalue weighted by molar-refractivity contribution is -0.142. The zero-order valence-corrected chi connectivity index (χ0v) is 13.7. The molecule has 0 amide bonds. The van der Waals surface area contributed by atoms with Crippen molar-refractivity contribution in [3.8, 4) is 0 Å². The molecule has 0 rings (SSSR count). The molecule has 0 aromatic heterocycles. The van der Waals surface area contributed by atoms with Gasteiger partial charge in [0.25, 0.3) is 0 Å². The van der Waals surface area contributed by atoms with Crippen LogP contribution in [0, 0.1) is 17.8 Å². The Morgan fingerprint density at radius 1 is 0.895 bits per heavy atom. The van der Waals surface area contributed by atoms with Gasteiger partial charge >= 0.3 is 5.97 Å². The lowest BCUT2D eigenvalue weighted by Crippen LogP contribution is -2.09. The van der Waals surface area contributed by atoms with Crippen molar-refractivity contribution in [2.24, 2.45) is 17.8 Å². The molecule has 0 aromatic carbocycles. The number of carbonyl (C=O) groups is 1. The van der Waals surface area contributed by atoms with E-state index in [0.717, 1.165) is 11.8 Å². The lowest BCUT2D eigenvalue weighted by Gasteiger charge is -2.15. The zero-order chi connectivity index (χ0) is 14.7. The minimum Gasteiger partial charge on any atom is -0.466 e. The van der Waals surface area contributed by atoms with Gasteiger partial charge < -0.3 is 4.74 Å². The van der Waals surface area contributed by atoms with Crippen LogP contribution in [0.15, 0.2) is 0 Å². The van der Waals surface area contributed by atoms with Crippen molar-refractivity contribution in [3.05, 3.63) is 0 Å². The summed E-state index contributed by atoms with van der Waals surface area (Å²) in [5.41, 5.74) is 0. The summed E-state index contributed by atoms with van der Waals surface area (Å²) in [6, 6.07) is 0. The van der Waals surface area contributed by atoms with Crippen LogP contribution in [0.1, 0.15) is 79.6 Å². The number of esters is 1. The average molecular weight is 270 g/mol. The highest BCUT2D eigenvalue weighted by molar-refractivity contribution is 5.65. The highest BCUT2D eigenvalue weighted by Gasteiger charge is 2.07. The summed E-state index contributed by atoms with van der Waals surface area (Å²) >= 11 is 0. The van der Waals surface area contributed by atoms with Gasteiger partial charge in [0.1, 0.15) is 0 Å². The van der Waals surface area contributed by atoms with Crippen molar-refractivity contribution in [2.75, 3.05) is 6.61 Å². The predicted molar refractivity (Wildman–Crippen MR) is 82.1 cm³/mol. The maximum atomic E-state index is 10.7. The van der Waals surface area contributed by atoms with E-state index in [2.05, 4.69) is 27.7 Å². The fourth-order valence-electron chi connectivity index (χ4n) is 2.32. The van der Waals surface area contributed by atoms with Crippen LogP contribution < -0.4 is 0 Å². The van der Waals surface area contributed by atoms with Crippen LogP contribution in [0.4, 0.5) is 0 Å². The Bertz CT molecular complexity index is 225.